The Hall–Kier alpha value is -2.16. The number of carbonyl (C=O) groups excluding carboxylic acids is 1. The summed E-state index contributed by atoms with van der Waals surface area (Å²) in [6, 6.07) is 9.52. The molecular formula is C21H25FO2. The zero-order chi connectivity index (χ0) is 17.7. The number of hydrogen-bond acceptors (Lipinski definition) is 2. The van der Waals surface area contributed by atoms with Gasteiger partial charge in [-0.1, -0.05) is 23.8 Å². The summed E-state index contributed by atoms with van der Waals surface area (Å²) < 4.78 is 18.6. The molecule has 0 saturated carbocycles. The van der Waals surface area contributed by atoms with Crippen molar-refractivity contribution in [2.75, 3.05) is 6.61 Å². The maximum Gasteiger partial charge on any atom is 0.305 e. The summed E-state index contributed by atoms with van der Waals surface area (Å²) in [6.07, 6.45) is 1.97. The number of benzene rings is 2. The molecule has 0 saturated heterocycles. The fourth-order valence-corrected chi connectivity index (χ4v) is 3.04. The molecule has 0 amide bonds. The van der Waals surface area contributed by atoms with Gasteiger partial charge >= 0.3 is 5.97 Å². The Morgan fingerprint density at radius 1 is 1.08 bits per heavy atom. The van der Waals surface area contributed by atoms with Gasteiger partial charge in [0.2, 0.25) is 0 Å². The third kappa shape index (κ3) is 4.44. The Kier molecular flexibility index (Phi) is 6.13. The third-order valence-electron chi connectivity index (χ3n) is 4.20. The second-order valence-electron chi connectivity index (χ2n) is 6.23. The van der Waals surface area contributed by atoms with Gasteiger partial charge in [0.05, 0.1) is 6.61 Å². The van der Waals surface area contributed by atoms with Crippen molar-refractivity contribution >= 4 is 5.97 Å². The first kappa shape index (κ1) is 18.2. The normalized spacial score (nSPS) is 10.7. The summed E-state index contributed by atoms with van der Waals surface area (Å²) in [5, 5.41) is 0. The molecule has 0 aliphatic heterocycles. The van der Waals surface area contributed by atoms with Crippen molar-refractivity contribution in [1.29, 1.82) is 0 Å². The lowest BCUT2D eigenvalue weighted by molar-refractivity contribution is -0.143. The molecule has 0 N–H and O–H groups in total. The Morgan fingerprint density at radius 2 is 1.83 bits per heavy atom. The molecule has 0 aromatic heterocycles. The molecular weight excluding hydrogens is 303 g/mol. The van der Waals surface area contributed by atoms with Crippen LogP contribution in [0.15, 0.2) is 30.3 Å². The van der Waals surface area contributed by atoms with Gasteiger partial charge in [-0.2, -0.15) is 0 Å². The maximum atomic E-state index is 13.6. The van der Waals surface area contributed by atoms with E-state index in [9.17, 15) is 9.18 Å². The Balaban J connectivity index is 2.30. The lowest BCUT2D eigenvalue weighted by atomic mass is 9.90. The summed E-state index contributed by atoms with van der Waals surface area (Å²) >= 11 is 0. The smallest absolute Gasteiger partial charge is 0.305 e. The van der Waals surface area contributed by atoms with Crippen LogP contribution in [0.1, 0.15) is 42.0 Å². The zero-order valence-electron chi connectivity index (χ0n) is 14.9. The van der Waals surface area contributed by atoms with E-state index in [0.29, 0.717) is 18.6 Å². The largest absolute Gasteiger partial charge is 0.466 e. The van der Waals surface area contributed by atoms with Crippen LogP contribution in [0.4, 0.5) is 4.39 Å². The van der Waals surface area contributed by atoms with Gasteiger partial charge in [-0.15, -0.1) is 0 Å². The molecule has 2 nitrogen and oxygen atoms in total. The van der Waals surface area contributed by atoms with Gasteiger partial charge in [0, 0.05) is 6.42 Å². The highest BCUT2D eigenvalue weighted by molar-refractivity contribution is 5.71. The van der Waals surface area contributed by atoms with Crippen molar-refractivity contribution in [2.24, 2.45) is 0 Å². The first-order chi connectivity index (χ1) is 11.4. The van der Waals surface area contributed by atoms with Crippen LogP contribution in [-0.2, 0) is 16.0 Å². The van der Waals surface area contributed by atoms with Gasteiger partial charge in [-0.05, 0) is 80.5 Å². The number of ether oxygens (including phenoxy) is 1. The number of halogens is 1. The highest BCUT2D eigenvalue weighted by Gasteiger charge is 2.12. The molecule has 0 spiro atoms. The highest BCUT2D eigenvalue weighted by atomic mass is 19.1. The van der Waals surface area contributed by atoms with Gasteiger partial charge in [0.1, 0.15) is 5.82 Å². The summed E-state index contributed by atoms with van der Waals surface area (Å²) in [5.74, 6) is -0.339. The molecule has 0 radical (unpaired) electrons. The standard InChI is InChI=1S/C21H25FO2/c1-5-24-21(23)8-6-7-18-15(3)11-14(2)12-19(18)17-9-10-20(22)16(4)13-17/h9-13H,5-8H2,1-4H3. The van der Waals surface area contributed by atoms with Crippen LogP contribution < -0.4 is 0 Å². The van der Waals surface area contributed by atoms with E-state index in [1.807, 2.05) is 19.1 Å². The monoisotopic (exact) mass is 328 g/mol. The number of esters is 1. The molecule has 0 aliphatic carbocycles. The van der Waals surface area contributed by atoms with E-state index in [1.165, 1.54) is 22.8 Å². The maximum absolute atomic E-state index is 13.6. The van der Waals surface area contributed by atoms with Gasteiger partial charge < -0.3 is 4.74 Å². The van der Waals surface area contributed by atoms with Crippen molar-refractivity contribution in [2.45, 2.75) is 47.0 Å². The molecule has 2 rings (SSSR count). The topological polar surface area (TPSA) is 26.3 Å². The van der Waals surface area contributed by atoms with E-state index in [2.05, 4.69) is 26.0 Å². The molecule has 3 heteroatoms. The molecule has 0 unspecified atom stereocenters. The predicted molar refractivity (Wildman–Crippen MR) is 95.6 cm³/mol. The van der Waals surface area contributed by atoms with E-state index in [0.717, 1.165) is 24.0 Å². The minimum Gasteiger partial charge on any atom is -0.466 e. The van der Waals surface area contributed by atoms with Gasteiger partial charge in [0.25, 0.3) is 0 Å². The van der Waals surface area contributed by atoms with Crippen molar-refractivity contribution in [1.82, 2.24) is 0 Å². The Labute approximate surface area is 143 Å². The SMILES string of the molecule is CCOC(=O)CCCc1c(C)cc(C)cc1-c1ccc(F)c(C)c1. The second-order valence-corrected chi connectivity index (χ2v) is 6.23. The van der Waals surface area contributed by atoms with Crippen LogP contribution >= 0.6 is 0 Å². The van der Waals surface area contributed by atoms with E-state index in [-0.39, 0.29) is 11.8 Å². The molecule has 2 aromatic carbocycles. The van der Waals surface area contributed by atoms with Crippen molar-refractivity contribution in [3.05, 3.63) is 58.4 Å². The number of aryl methyl sites for hydroxylation is 3. The van der Waals surface area contributed by atoms with Crippen molar-refractivity contribution in [3.63, 3.8) is 0 Å². The molecule has 2 aromatic rings. The first-order valence-electron chi connectivity index (χ1n) is 8.44. The quantitative estimate of drug-likeness (QED) is 0.672. The fraction of sp³-hybridized carbons (Fsp3) is 0.381. The van der Waals surface area contributed by atoms with E-state index < -0.39 is 0 Å². The van der Waals surface area contributed by atoms with Gasteiger partial charge in [-0.3, -0.25) is 4.79 Å². The third-order valence-corrected chi connectivity index (χ3v) is 4.20. The van der Waals surface area contributed by atoms with Crippen molar-refractivity contribution in [3.8, 4) is 11.1 Å². The molecule has 0 heterocycles. The fourth-order valence-electron chi connectivity index (χ4n) is 3.04. The van der Waals surface area contributed by atoms with Gasteiger partial charge in [-0.25, -0.2) is 4.39 Å². The van der Waals surface area contributed by atoms with Crippen LogP contribution in [-0.4, -0.2) is 12.6 Å². The minimum absolute atomic E-state index is 0.151. The van der Waals surface area contributed by atoms with Crippen LogP contribution in [0.25, 0.3) is 11.1 Å². The summed E-state index contributed by atoms with van der Waals surface area (Å²) in [4.78, 5) is 11.5. The number of rotatable bonds is 6. The number of carbonyl (C=O) groups is 1. The van der Waals surface area contributed by atoms with Crippen molar-refractivity contribution < 1.29 is 13.9 Å². The number of hydrogen-bond donors (Lipinski definition) is 0. The average Bonchev–Trinajstić information content (AvgIpc) is 2.52. The van der Waals surface area contributed by atoms with Crippen LogP contribution in [0.2, 0.25) is 0 Å². The van der Waals surface area contributed by atoms with Crippen LogP contribution in [0.5, 0.6) is 0 Å². The highest BCUT2D eigenvalue weighted by Crippen LogP contribution is 2.30. The summed E-state index contributed by atoms with van der Waals surface area (Å²) in [6.45, 7) is 8.17. The first-order valence-corrected chi connectivity index (χ1v) is 8.44. The average molecular weight is 328 g/mol. The van der Waals surface area contributed by atoms with Crippen LogP contribution in [0, 0.1) is 26.6 Å². The van der Waals surface area contributed by atoms with E-state index >= 15 is 0 Å². The molecule has 24 heavy (non-hydrogen) atoms. The minimum atomic E-state index is -0.188. The van der Waals surface area contributed by atoms with E-state index in [4.69, 9.17) is 4.74 Å². The Morgan fingerprint density at radius 3 is 2.50 bits per heavy atom. The predicted octanol–water partition coefficient (Wildman–Crippen LogP) is 5.30. The lowest BCUT2D eigenvalue weighted by Crippen LogP contribution is -2.05. The van der Waals surface area contributed by atoms with Crippen LogP contribution in [0.3, 0.4) is 0 Å². The summed E-state index contributed by atoms with van der Waals surface area (Å²) in [5.41, 5.74) is 6.39. The molecule has 0 aliphatic rings. The van der Waals surface area contributed by atoms with E-state index in [1.54, 1.807) is 6.92 Å². The Bertz CT molecular complexity index is 735. The summed E-state index contributed by atoms with van der Waals surface area (Å²) in [7, 11) is 0. The second kappa shape index (κ2) is 8.09. The molecule has 0 bridgehead atoms. The van der Waals surface area contributed by atoms with Gasteiger partial charge in [0.15, 0.2) is 0 Å². The lowest BCUT2D eigenvalue weighted by Gasteiger charge is -2.15. The molecule has 128 valence electrons. The molecule has 0 atom stereocenters. The molecule has 0 fully saturated rings. The zero-order valence-corrected chi connectivity index (χ0v) is 14.9.